The Balaban J connectivity index is 1.15. The van der Waals surface area contributed by atoms with E-state index >= 15 is 4.79 Å². The Hall–Kier alpha value is -2.74. The summed E-state index contributed by atoms with van der Waals surface area (Å²) < 4.78 is 13.0. The van der Waals surface area contributed by atoms with E-state index in [1.54, 1.807) is 6.08 Å². The molecular formula is C61H82O7S2. The van der Waals surface area contributed by atoms with Crippen molar-refractivity contribution in [3.8, 4) is 11.8 Å². The van der Waals surface area contributed by atoms with E-state index in [4.69, 9.17) is 9.47 Å². The standard InChI is InChI=1S/C61H82O7S2/c1-42-22-25-51(62)61-52(63)27-32-57(3,46-18-11-12-19-46)54(61)50-38-56(2,60(61,66)33-26-44-36-53(64)67-39-44)28-15-31-59(55(65)68-50)37-48(58(29-13-6-14-30-58)47-20-9-5-10-21-47)23-24-49(59)41-70-69-40-45(34-42)35-43-16-7-4-8-17-43/h4-5,7-10,16-17,20-21,36,42,45-46,48-52,54,62-63,66H,6,11-14,18-19,22-27,29-35,37-41H2,1-3H3/t42-,45-,48+,49-,50-,51+,52+,54+,56+,57+,59-,60-,61+/m1/s1. The fourth-order valence-electron chi connectivity index (χ4n) is 17.4. The summed E-state index contributed by atoms with van der Waals surface area (Å²) in [5.74, 6) is 9.68. The summed E-state index contributed by atoms with van der Waals surface area (Å²) in [6, 6.07) is 22.0. The van der Waals surface area contributed by atoms with Gasteiger partial charge in [-0.25, -0.2) is 4.79 Å². The van der Waals surface area contributed by atoms with Crippen molar-refractivity contribution in [2.24, 2.45) is 57.2 Å². The van der Waals surface area contributed by atoms with Crippen LogP contribution < -0.4 is 0 Å². The predicted molar refractivity (Wildman–Crippen MR) is 281 cm³/mol. The molecule has 1 spiro atoms. The number of hydrogen-bond acceptors (Lipinski definition) is 9. The second-order valence-corrected chi connectivity index (χ2v) is 27.2. The molecular weight excluding hydrogens is 909 g/mol. The highest BCUT2D eigenvalue weighted by Gasteiger charge is 2.78. The normalized spacial score (nSPS) is 41.4. The van der Waals surface area contributed by atoms with E-state index in [2.05, 4.69) is 93.3 Å². The van der Waals surface area contributed by atoms with Gasteiger partial charge >= 0.3 is 11.9 Å². The lowest BCUT2D eigenvalue weighted by molar-refractivity contribution is -0.338. The highest BCUT2D eigenvalue weighted by Crippen LogP contribution is 2.72. The van der Waals surface area contributed by atoms with E-state index in [-0.39, 0.29) is 48.1 Å². The van der Waals surface area contributed by atoms with Gasteiger partial charge in [-0.2, -0.15) is 0 Å². The van der Waals surface area contributed by atoms with Crippen molar-refractivity contribution in [1.82, 2.24) is 0 Å². The molecule has 3 aliphatic heterocycles. The molecule has 6 fully saturated rings. The lowest BCUT2D eigenvalue weighted by Crippen LogP contribution is -2.79. The topological polar surface area (TPSA) is 113 Å². The van der Waals surface area contributed by atoms with Gasteiger partial charge in [0.2, 0.25) is 0 Å². The summed E-state index contributed by atoms with van der Waals surface area (Å²) in [6.07, 6.45) is 17.2. The van der Waals surface area contributed by atoms with E-state index in [0.717, 1.165) is 101 Å². The summed E-state index contributed by atoms with van der Waals surface area (Å²) in [7, 11) is 3.92. The summed E-state index contributed by atoms with van der Waals surface area (Å²) in [6.45, 7) is 6.92. The SMILES string of the molecule is C[C@@H]1CC[C@H](O)[C@]23[C@@H]([C@H]4C[C@](C)(C#CC[C@]5(C[C@@H](C6(c7ccccc7)CCCCC6)CC[C@@H]5CSSC[C@@H](Cc5ccccc5)C1)C(=O)O4)[C@]2(O)CCC1=CC(=O)OC1)[C@](C)(C1CCCC1)CC[C@@H]3O. The maximum atomic E-state index is 16.4. The summed E-state index contributed by atoms with van der Waals surface area (Å²) in [5, 5.41) is 41.5. The molecule has 380 valence electrons. The third-order valence-electron chi connectivity index (χ3n) is 21.0. The molecule has 3 N–H and O–H groups in total. The van der Waals surface area contributed by atoms with Crippen LogP contribution in [-0.2, 0) is 30.9 Å². The molecule has 0 unspecified atom stereocenters. The van der Waals surface area contributed by atoms with Gasteiger partial charge in [-0.15, -0.1) is 5.92 Å². The molecule has 5 saturated carbocycles. The molecule has 7 nitrogen and oxygen atoms in total. The van der Waals surface area contributed by atoms with Crippen molar-refractivity contribution in [2.45, 2.75) is 191 Å². The van der Waals surface area contributed by atoms with E-state index in [9.17, 15) is 20.1 Å². The zero-order valence-electron chi connectivity index (χ0n) is 42.5. The van der Waals surface area contributed by atoms with Crippen molar-refractivity contribution in [3.63, 3.8) is 0 Å². The molecule has 5 aliphatic carbocycles. The Labute approximate surface area is 427 Å². The van der Waals surface area contributed by atoms with Crippen molar-refractivity contribution >= 4 is 33.5 Å². The predicted octanol–water partition coefficient (Wildman–Crippen LogP) is 12.4. The molecule has 2 aromatic carbocycles. The number of cyclic esters (lactones) is 1. The Bertz CT molecular complexity index is 2260. The number of rotatable bonds is 8. The van der Waals surface area contributed by atoms with Gasteiger partial charge in [0.1, 0.15) is 12.7 Å². The molecule has 13 atom stereocenters. The number of aliphatic hydroxyl groups excluding tert-OH is 2. The monoisotopic (exact) mass is 991 g/mol. The molecule has 4 bridgehead atoms. The Morgan fingerprint density at radius 3 is 2.17 bits per heavy atom. The molecule has 0 aromatic heterocycles. The molecule has 8 aliphatic rings. The van der Waals surface area contributed by atoms with Gasteiger partial charge in [-0.3, -0.25) is 4.79 Å². The van der Waals surface area contributed by atoms with Gasteiger partial charge in [0.05, 0.1) is 34.1 Å². The first-order chi connectivity index (χ1) is 33.8. The van der Waals surface area contributed by atoms with E-state index in [0.29, 0.717) is 43.9 Å². The summed E-state index contributed by atoms with van der Waals surface area (Å²) in [5.41, 5.74) is -2.14. The first-order valence-corrected chi connectivity index (χ1v) is 30.2. The van der Waals surface area contributed by atoms with Crippen molar-refractivity contribution in [3.05, 3.63) is 83.4 Å². The molecule has 0 radical (unpaired) electrons. The molecule has 3 heterocycles. The zero-order valence-corrected chi connectivity index (χ0v) is 44.1. The van der Waals surface area contributed by atoms with E-state index < -0.39 is 51.5 Å². The van der Waals surface area contributed by atoms with Crippen LogP contribution in [0.5, 0.6) is 0 Å². The largest absolute Gasteiger partial charge is 0.462 e. The maximum Gasteiger partial charge on any atom is 0.331 e. The average molecular weight is 991 g/mol. The van der Waals surface area contributed by atoms with Crippen LogP contribution in [0.25, 0.3) is 0 Å². The molecule has 1 saturated heterocycles. The number of esters is 2. The van der Waals surface area contributed by atoms with Crippen LogP contribution in [0.2, 0.25) is 0 Å². The second-order valence-electron chi connectivity index (χ2n) is 24.7. The van der Waals surface area contributed by atoms with Gasteiger partial charge in [-0.05, 0) is 160 Å². The summed E-state index contributed by atoms with van der Waals surface area (Å²) in [4.78, 5) is 28.9. The third kappa shape index (κ3) is 8.87. The van der Waals surface area contributed by atoms with Crippen LogP contribution in [0, 0.1) is 69.0 Å². The highest BCUT2D eigenvalue weighted by atomic mass is 33.1. The molecule has 2 aromatic rings. The smallest absolute Gasteiger partial charge is 0.331 e. The lowest BCUT2D eigenvalue weighted by Gasteiger charge is -2.71. The Kier molecular flexibility index (Phi) is 14.9. The Morgan fingerprint density at radius 2 is 1.44 bits per heavy atom. The number of aliphatic hydroxyl groups is 3. The minimum atomic E-state index is -1.71. The molecule has 10 rings (SSSR count). The van der Waals surface area contributed by atoms with Crippen molar-refractivity contribution < 1.29 is 34.4 Å². The number of ether oxygens (including phenoxy) is 2. The van der Waals surface area contributed by atoms with E-state index in [1.165, 1.54) is 30.4 Å². The quantitative estimate of drug-likeness (QED) is 0.135. The van der Waals surface area contributed by atoms with Crippen LogP contribution >= 0.6 is 21.6 Å². The van der Waals surface area contributed by atoms with Crippen LogP contribution in [0.3, 0.4) is 0 Å². The average Bonchev–Trinajstić information content (AvgIpc) is 4.08. The lowest BCUT2D eigenvalue weighted by atomic mass is 9.35. The zero-order chi connectivity index (χ0) is 48.8. The van der Waals surface area contributed by atoms with E-state index in [1.807, 2.05) is 21.6 Å². The fraction of sp³-hybridized carbons (Fsp3) is 0.705. The van der Waals surface area contributed by atoms with Gasteiger partial charge in [0.15, 0.2) is 0 Å². The number of carbonyl (C=O) groups excluding carboxylic acids is 2. The minimum Gasteiger partial charge on any atom is -0.462 e. The van der Waals surface area contributed by atoms with Crippen LogP contribution in [-0.4, -0.2) is 69.3 Å². The first-order valence-electron chi connectivity index (χ1n) is 27.8. The number of hydrogen-bond donors (Lipinski definition) is 3. The number of carbonyl (C=O) groups is 2. The van der Waals surface area contributed by atoms with Gasteiger partial charge in [0, 0.05) is 36.3 Å². The van der Waals surface area contributed by atoms with Gasteiger partial charge in [-0.1, -0.05) is 134 Å². The van der Waals surface area contributed by atoms with Crippen LogP contribution in [0.1, 0.15) is 167 Å². The minimum absolute atomic E-state index is 0.0297. The van der Waals surface area contributed by atoms with Crippen LogP contribution in [0.15, 0.2) is 72.3 Å². The first kappa shape index (κ1) is 50.8. The second kappa shape index (κ2) is 20.5. The van der Waals surface area contributed by atoms with Gasteiger partial charge < -0.3 is 24.8 Å². The maximum absolute atomic E-state index is 16.4. The van der Waals surface area contributed by atoms with Crippen molar-refractivity contribution in [1.29, 1.82) is 0 Å². The molecule has 9 heteroatoms. The summed E-state index contributed by atoms with van der Waals surface area (Å²) >= 11 is 0. The number of fused-ring (bicyclic) bond motifs is 2. The Morgan fingerprint density at radius 1 is 0.743 bits per heavy atom. The highest BCUT2D eigenvalue weighted by molar-refractivity contribution is 8.76. The van der Waals surface area contributed by atoms with Crippen LogP contribution in [0.4, 0.5) is 0 Å². The van der Waals surface area contributed by atoms with Gasteiger partial charge in [0.25, 0.3) is 0 Å². The molecule has 0 amide bonds. The van der Waals surface area contributed by atoms with Crippen molar-refractivity contribution in [2.75, 3.05) is 18.1 Å². The third-order valence-corrected chi connectivity index (χ3v) is 23.6. The molecule has 70 heavy (non-hydrogen) atoms. The fourth-order valence-corrected chi connectivity index (χ4v) is 20.3. The number of benzene rings is 2.